The third kappa shape index (κ3) is 1.66. The van der Waals surface area contributed by atoms with E-state index in [0.29, 0.717) is 5.54 Å². The Morgan fingerprint density at radius 2 is 1.83 bits per heavy atom. The molecule has 0 saturated heterocycles. The first-order valence-electron chi connectivity index (χ1n) is 5.42. The molecule has 0 aliphatic heterocycles. The number of hydrogen-bond acceptors (Lipinski definition) is 1. The van der Waals surface area contributed by atoms with Crippen molar-refractivity contribution in [2.24, 2.45) is 5.92 Å². The van der Waals surface area contributed by atoms with Gasteiger partial charge in [-0.05, 0) is 45.6 Å². The van der Waals surface area contributed by atoms with Gasteiger partial charge in [-0.25, -0.2) is 0 Å². The lowest BCUT2D eigenvalue weighted by Crippen LogP contribution is -2.42. The van der Waals surface area contributed by atoms with E-state index < -0.39 is 0 Å². The minimum Gasteiger partial charge on any atom is -0.301 e. The van der Waals surface area contributed by atoms with Crippen molar-refractivity contribution in [2.75, 3.05) is 13.6 Å². The van der Waals surface area contributed by atoms with Gasteiger partial charge in [-0.2, -0.15) is 0 Å². The predicted molar refractivity (Wildman–Crippen MR) is 52.2 cm³/mol. The summed E-state index contributed by atoms with van der Waals surface area (Å²) in [6.45, 7) is 3.80. The fraction of sp³-hybridized carbons (Fsp3) is 1.00. The van der Waals surface area contributed by atoms with E-state index in [1.807, 2.05) is 0 Å². The monoisotopic (exact) mass is 167 g/mol. The molecule has 2 rings (SSSR count). The van der Waals surface area contributed by atoms with Gasteiger partial charge in [0.25, 0.3) is 0 Å². The van der Waals surface area contributed by atoms with Crippen LogP contribution in [0.3, 0.4) is 0 Å². The Morgan fingerprint density at radius 3 is 2.33 bits per heavy atom. The highest BCUT2D eigenvalue weighted by Crippen LogP contribution is 2.37. The zero-order valence-corrected chi connectivity index (χ0v) is 8.47. The van der Waals surface area contributed by atoms with Gasteiger partial charge in [-0.3, -0.25) is 0 Å². The fourth-order valence-electron chi connectivity index (χ4n) is 2.43. The Kier molecular flexibility index (Phi) is 2.16. The normalized spacial score (nSPS) is 28.2. The summed E-state index contributed by atoms with van der Waals surface area (Å²) in [6, 6.07) is 0. The van der Waals surface area contributed by atoms with Crippen molar-refractivity contribution in [1.82, 2.24) is 4.90 Å². The van der Waals surface area contributed by atoms with E-state index in [2.05, 4.69) is 18.9 Å². The summed E-state index contributed by atoms with van der Waals surface area (Å²) in [5.74, 6) is 1.05. The van der Waals surface area contributed by atoms with Crippen LogP contribution in [0.2, 0.25) is 0 Å². The third-order valence-electron chi connectivity index (χ3n) is 3.83. The molecule has 0 N–H and O–H groups in total. The molecule has 1 nitrogen and oxygen atoms in total. The van der Waals surface area contributed by atoms with Crippen molar-refractivity contribution in [1.29, 1.82) is 0 Å². The molecule has 0 aromatic rings. The van der Waals surface area contributed by atoms with Crippen molar-refractivity contribution in [3.05, 3.63) is 0 Å². The van der Waals surface area contributed by atoms with Gasteiger partial charge in [0.2, 0.25) is 0 Å². The van der Waals surface area contributed by atoms with E-state index in [0.717, 1.165) is 5.92 Å². The van der Waals surface area contributed by atoms with Crippen molar-refractivity contribution in [2.45, 2.75) is 51.0 Å². The molecular weight excluding hydrogens is 146 g/mol. The quantitative estimate of drug-likeness (QED) is 0.624. The zero-order chi connectivity index (χ0) is 8.60. The van der Waals surface area contributed by atoms with Gasteiger partial charge in [0.05, 0.1) is 0 Å². The van der Waals surface area contributed by atoms with Crippen LogP contribution in [-0.4, -0.2) is 24.0 Å². The van der Waals surface area contributed by atoms with E-state index in [-0.39, 0.29) is 0 Å². The van der Waals surface area contributed by atoms with Crippen molar-refractivity contribution in [3.8, 4) is 0 Å². The van der Waals surface area contributed by atoms with Crippen molar-refractivity contribution in [3.63, 3.8) is 0 Å². The molecular formula is C11H21N. The van der Waals surface area contributed by atoms with Crippen molar-refractivity contribution >= 4 is 0 Å². The van der Waals surface area contributed by atoms with Gasteiger partial charge < -0.3 is 4.90 Å². The second-order valence-corrected chi connectivity index (χ2v) is 5.03. The topological polar surface area (TPSA) is 3.24 Å². The molecule has 0 bridgehead atoms. The molecule has 1 heteroatoms. The second kappa shape index (κ2) is 3.02. The van der Waals surface area contributed by atoms with Crippen LogP contribution in [-0.2, 0) is 0 Å². The highest BCUT2D eigenvalue weighted by Gasteiger charge is 2.35. The van der Waals surface area contributed by atoms with Crippen LogP contribution < -0.4 is 0 Å². The van der Waals surface area contributed by atoms with E-state index in [9.17, 15) is 0 Å². The molecule has 0 heterocycles. The van der Waals surface area contributed by atoms with Crippen molar-refractivity contribution < 1.29 is 0 Å². The third-order valence-corrected chi connectivity index (χ3v) is 3.83. The van der Waals surface area contributed by atoms with Crippen LogP contribution in [0.25, 0.3) is 0 Å². The first-order chi connectivity index (χ1) is 5.71. The summed E-state index contributed by atoms with van der Waals surface area (Å²) in [5.41, 5.74) is 0.558. The van der Waals surface area contributed by atoms with Crippen LogP contribution in [0.5, 0.6) is 0 Å². The summed E-state index contributed by atoms with van der Waals surface area (Å²) in [6.07, 6.45) is 8.73. The number of rotatable bonds is 3. The van der Waals surface area contributed by atoms with Crippen LogP contribution in [0.15, 0.2) is 0 Å². The van der Waals surface area contributed by atoms with E-state index >= 15 is 0 Å². The smallest absolute Gasteiger partial charge is 0.0178 e. The first-order valence-corrected chi connectivity index (χ1v) is 5.42. The van der Waals surface area contributed by atoms with Crippen LogP contribution in [0.1, 0.15) is 45.4 Å². The Labute approximate surface area is 76.1 Å². The van der Waals surface area contributed by atoms with Gasteiger partial charge in [0, 0.05) is 12.1 Å². The summed E-state index contributed by atoms with van der Waals surface area (Å²) in [5, 5.41) is 0. The molecule has 2 aliphatic rings. The molecule has 0 amide bonds. The zero-order valence-electron chi connectivity index (χ0n) is 8.47. The predicted octanol–water partition coefficient (Wildman–Crippen LogP) is 2.66. The molecule has 2 saturated carbocycles. The Balaban J connectivity index is 1.87. The maximum absolute atomic E-state index is 2.62. The standard InChI is InChI=1S/C11H21N/c1-11(7-3-4-8-11)12(2)9-10-5-6-10/h10H,3-9H2,1-2H3. The molecule has 2 fully saturated rings. The molecule has 0 aromatic heterocycles. The maximum Gasteiger partial charge on any atom is 0.0178 e. The minimum absolute atomic E-state index is 0.558. The van der Waals surface area contributed by atoms with E-state index in [1.54, 1.807) is 0 Å². The molecule has 2 aliphatic carbocycles. The fourth-order valence-corrected chi connectivity index (χ4v) is 2.43. The van der Waals surface area contributed by atoms with Gasteiger partial charge in [0.1, 0.15) is 0 Å². The lowest BCUT2D eigenvalue weighted by molar-refractivity contribution is 0.137. The Morgan fingerprint density at radius 1 is 1.25 bits per heavy atom. The highest BCUT2D eigenvalue weighted by molar-refractivity contribution is 4.91. The molecule has 0 unspecified atom stereocenters. The molecule has 70 valence electrons. The SMILES string of the molecule is CN(CC1CC1)C1(C)CCCC1. The highest BCUT2D eigenvalue weighted by atomic mass is 15.2. The van der Waals surface area contributed by atoms with Gasteiger partial charge in [0.15, 0.2) is 0 Å². The average molecular weight is 167 g/mol. The molecule has 0 spiro atoms. The average Bonchev–Trinajstić information content (AvgIpc) is 2.73. The maximum atomic E-state index is 2.62. The molecule has 0 aromatic carbocycles. The van der Waals surface area contributed by atoms with E-state index in [1.165, 1.54) is 45.1 Å². The largest absolute Gasteiger partial charge is 0.301 e. The van der Waals surface area contributed by atoms with Crippen LogP contribution >= 0.6 is 0 Å². The molecule has 0 radical (unpaired) electrons. The van der Waals surface area contributed by atoms with Gasteiger partial charge >= 0.3 is 0 Å². The van der Waals surface area contributed by atoms with Gasteiger partial charge in [-0.1, -0.05) is 12.8 Å². The molecule has 12 heavy (non-hydrogen) atoms. The van der Waals surface area contributed by atoms with Crippen LogP contribution in [0, 0.1) is 5.92 Å². The first kappa shape index (κ1) is 8.55. The summed E-state index contributed by atoms with van der Waals surface area (Å²) in [4.78, 5) is 2.62. The van der Waals surface area contributed by atoms with Gasteiger partial charge in [-0.15, -0.1) is 0 Å². The lowest BCUT2D eigenvalue weighted by Gasteiger charge is -2.35. The van der Waals surface area contributed by atoms with E-state index in [4.69, 9.17) is 0 Å². The number of hydrogen-bond donors (Lipinski definition) is 0. The van der Waals surface area contributed by atoms with Crippen LogP contribution in [0.4, 0.5) is 0 Å². The summed E-state index contributed by atoms with van der Waals surface area (Å²) >= 11 is 0. The Hall–Kier alpha value is -0.0400. The Bertz CT molecular complexity index is 154. The lowest BCUT2D eigenvalue weighted by atomic mass is 9.98. The number of nitrogens with zero attached hydrogens (tertiary/aromatic N) is 1. The summed E-state index contributed by atoms with van der Waals surface area (Å²) < 4.78 is 0. The summed E-state index contributed by atoms with van der Waals surface area (Å²) in [7, 11) is 2.32. The molecule has 0 atom stereocenters. The second-order valence-electron chi connectivity index (χ2n) is 5.03. The minimum atomic E-state index is 0.558.